The van der Waals surface area contributed by atoms with Gasteiger partial charge in [-0.3, -0.25) is 14.4 Å². The van der Waals surface area contributed by atoms with E-state index in [1.165, 1.54) is 0 Å². The van der Waals surface area contributed by atoms with Gasteiger partial charge in [-0.15, -0.1) is 5.10 Å². The SMILES string of the molecule is CC(C)(O)c1cn(C[C@H]2C[C@H]3CCN2C[C@@H]3C(=O)NCc2ccc3c(c2)OCO3)nn1. The van der Waals surface area contributed by atoms with Crippen LogP contribution in [-0.4, -0.2) is 56.8 Å². The van der Waals surface area contributed by atoms with Crippen LogP contribution in [0.2, 0.25) is 0 Å². The topological polar surface area (TPSA) is 102 Å². The number of amides is 1. The van der Waals surface area contributed by atoms with Crippen molar-refractivity contribution in [1.82, 2.24) is 25.2 Å². The molecule has 2 N–H and O–H groups in total. The normalized spacial score (nSPS) is 26.8. The van der Waals surface area contributed by atoms with Gasteiger partial charge in [-0.05, 0) is 56.8 Å². The second kappa shape index (κ2) is 7.80. The van der Waals surface area contributed by atoms with Crippen molar-refractivity contribution in [3.05, 3.63) is 35.7 Å². The lowest BCUT2D eigenvalue weighted by Gasteiger charge is -2.49. The maximum Gasteiger partial charge on any atom is 0.231 e. The Bertz CT molecular complexity index is 969. The van der Waals surface area contributed by atoms with Crippen LogP contribution in [0.1, 0.15) is 37.9 Å². The first-order valence-electron chi connectivity index (χ1n) is 10.9. The molecule has 1 unspecified atom stereocenters. The van der Waals surface area contributed by atoms with Gasteiger partial charge in [0.2, 0.25) is 12.7 Å². The van der Waals surface area contributed by atoms with E-state index >= 15 is 0 Å². The Kier molecular flexibility index (Phi) is 5.10. The number of aliphatic hydroxyl groups is 1. The monoisotopic (exact) mass is 427 g/mol. The molecule has 0 aliphatic carbocycles. The Morgan fingerprint density at radius 3 is 2.90 bits per heavy atom. The fraction of sp³-hybridized carbons (Fsp3) is 0.591. The molecule has 4 atom stereocenters. The van der Waals surface area contributed by atoms with E-state index in [-0.39, 0.29) is 18.6 Å². The van der Waals surface area contributed by atoms with Crippen LogP contribution in [0, 0.1) is 11.8 Å². The average Bonchev–Trinajstić information content (AvgIpc) is 3.41. The largest absolute Gasteiger partial charge is 0.454 e. The molecule has 2 bridgehead atoms. The first kappa shape index (κ1) is 20.3. The van der Waals surface area contributed by atoms with Gasteiger partial charge in [0, 0.05) is 19.1 Å². The first-order valence-corrected chi connectivity index (χ1v) is 10.9. The van der Waals surface area contributed by atoms with E-state index in [0.717, 1.165) is 49.5 Å². The van der Waals surface area contributed by atoms with Crippen molar-refractivity contribution in [2.45, 2.75) is 51.4 Å². The van der Waals surface area contributed by atoms with Gasteiger partial charge < -0.3 is 19.9 Å². The van der Waals surface area contributed by atoms with Crippen molar-refractivity contribution in [2.75, 3.05) is 19.9 Å². The molecular weight excluding hydrogens is 398 g/mol. The summed E-state index contributed by atoms with van der Waals surface area (Å²) >= 11 is 0. The predicted molar refractivity (Wildman–Crippen MR) is 111 cm³/mol. The summed E-state index contributed by atoms with van der Waals surface area (Å²) in [4.78, 5) is 15.3. The Balaban J connectivity index is 1.17. The Labute approximate surface area is 181 Å². The Morgan fingerprint density at radius 2 is 2.16 bits per heavy atom. The lowest BCUT2D eigenvalue weighted by atomic mass is 9.75. The highest BCUT2D eigenvalue weighted by molar-refractivity contribution is 5.79. The Hall–Kier alpha value is -2.65. The number of nitrogens with zero attached hydrogens (tertiary/aromatic N) is 4. The van der Waals surface area contributed by atoms with Gasteiger partial charge >= 0.3 is 0 Å². The molecule has 6 rings (SSSR count). The summed E-state index contributed by atoms with van der Waals surface area (Å²) in [6.07, 6.45) is 3.84. The van der Waals surface area contributed by atoms with Crippen LogP contribution in [0.4, 0.5) is 0 Å². The number of ether oxygens (including phenoxy) is 2. The van der Waals surface area contributed by atoms with Gasteiger partial charge in [0.1, 0.15) is 11.3 Å². The van der Waals surface area contributed by atoms with Crippen LogP contribution in [-0.2, 0) is 23.5 Å². The number of piperidine rings is 3. The molecular formula is C22H29N5O4. The van der Waals surface area contributed by atoms with E-state index in [9.17, 15) is 9.90 Å². The minimum atomic E-state index is -0.995. The van der Waals surface area contributed by atoms with Crippen molar-refractivity contribution < 1.29 is 19.4 Å². The number of hydrogen-bond acceptors (Lipinski definition) is 7. The van der Waals surface area contributed by atoms with E-state index < -0.39 is 5.60 Å². The molecule has 1 aromatic carbocycles. The standard InChI is InChI=1S/C22H29N5O4/c1-22(2,29)20-12-27(25-24-20)10-16-8-15-5-6-26(16)11-17(15)21(28)23-9-14-3-4-18-19(7-14)31-13-30-18/h3-4,7,12,15-17,29H,5-6,8-11,13H2,1-2H3,(H,23,28)/t15-,16-,17+/m1/s1. The minimum Gasteiger partial charge on any atom is -0.454 e. The number of hydrogen-bond donors (Lipinski definition) is 2. The number of fused-ring (bicyclic) bond motifs is 4. The highest BCUT2D eigenvalue weighted by atomic mass is 16.7. The lowest BCUT2D eigenvalue weighted by Crippen LogP contribution is -2.58. The quantitative estimate of drug-likeness (QED) is 0.716. The van der Waals surface area contributed by atoms with Crippen LogP contribution in [0.25, 0.3) is 0 Å². The smallest absolute Gasteiger partial charge is 0.231 e. The van der Waals surface area contributed by atoms with Gasteiger partial charge in [-0.1, -0.05) is 11.3 Å². The molecule has 0 spiro atoms. The summed E-state index contributed by atoms with van der Waals surface area (Å²) in [6, 6.07) is 6.11. The van der Waals surface area contributed by atoms with Crippen LogP contribution in [0.3, 0.4) is 0 Å². The zero-order valence-electron chi connectivity index (χ0n) is 18.0. The summed E-state index contributed by atoms with van der Waals surface area (Å²) < 4.78 is 12.6. The maximum atomic E-state index is 12.9. The van der Waals surface area contributed by atoms with Gasteiger partial charge in [0.25, 0.3) is 0 Å². The van der Waals surface area contributed by atoms with Crippen molar-refractivity contribution in [3.63, 3.8) is 0 Å². The Morgan fingerprint density at radius 1 is 1.32 bits per heavy atom. The summed E-state index contributed by atoms with van der Waals surface area (Å²) in [7, 11) is 0. The zero-order chi connectivity index (χ0) is 21.6. The molecule has 4 aliphatic heterocycles. The van der Waals surface area contributed by atoms with E-state index in [1.54, 1.807) is 13.8 Å². The summed E-state index contributed by atoms with van der Waals surface area (Å²) in [5.41, 5.74) is 0.584. The van der Waals surface area contributed by atoms with E-state index in [2.05, 4.69) is 20.5 Å². The van der Waals surface area contributed by atoms with Crippen molar-refractivity contribution in [2.24, 2.45) is 11.8 Å². The third-order valence-corrected chi connectivity index (χ3v) is 6.68. The second-order valence-electron chi connectivity index (χ2n) is 9.33. The van der Waals surface area contributed by atoms with Crippen LogP contribution < -0.4 is 14.8 Å². The zero-order valence-corrected chi connectivity index (χ0v) is 18.0. The predicted octanol–water partition coefficient (Wildman–Crippen LogP) is 1.26. The highest BCUT2D eigenvalue weighted by Gasteiger charge is 2.43. The third-order valence-electron chi connectivity index (χ3n) is 6.68. The molecule has 0 radical (unpaired) electrons. The molecule has 3 saturated heterocycles. The number of carbonyl (C=O) groups excluding carboxylic acids is 1. The fourth-order valence-electron chi connectivity index (χ4n) is 4.88. The molecule has 9 heteroatoms. The molecule has 2 aromatic rings. The molecule has 5 heterocycles. The number of benzene rings is 1. The van der Waals surface area contributed by atoms with E-state index in [4.69, 9.17) is 9.47 Å². The minimum absolute atomic E-state index is 0.0155. The number of rotatable bonds is 6. The summed E-state index contributed by atoms with van der Waals surface area (Å²) in [5, 5.41) is 21.5. The van der Waals surface area contributed by atoms with Crippen molar-refractivity contribution in [1.29, 1.82) is 0 Å². The molecule has 4 aliphatic rings. The number of carbonyl (C=O) groups is 1. The molecule has 1 amide bonds. The first-order chi connectivity index (χ1) is 14.9. The molecule has 9 nitrogen and oxygen atoms in total. The second-order valence-corrected chi connectivity index (χ2v) is 9.33. The number of aromatic nitrogens is 3. The van der Waals surface area contributed by atoms with Gasteiger partial charge in [-0.2, -0.15) is 0 Å². The van der Waals surface area contributed by atoms with E-state index in [1.807, 2.05) is 29.1 Å². The number of nitrogens with one attached hydrogen (secondary N) is 1. The molecule has 0 saturated carbocycles. The summed E-state index contributed by atoms with van der Waals surface area (Å²) in [6.45, 7) is 6.66. The van der Waals surface area contributed by atoms with Crippen LogP contribution in [0.5, 0.6) is 11.5 Å². The van der Waals surface area contributed by atoms with Crippen molar-refractivity contribution in [3.8, 4) is 11.5 Å². The highest BCUT2D eigenvalue weighted by Crippen LogP contribution is 2.37. The van der Waals surface area contributed by atoms with E-state index in [0.29, 0.717) is 24.2 Å². The van der Waals surface area contributed by atoms with Crippen LogP contribution in [0.15, 0.2) is 24.4 Å². The third kappa shape index (κ3) is 4.12. The molecule has 166 valence electrons. The average molecular weight is 428 g/mol. The summed E-state index contributed by atoms with van der Waals surface area (Å²) in [5.74, 6) is 2.00. The molecule has 1 aromatic heterocycles. The van der Waals surface area contributed by atoms with Crippen molar-refractivity contribution >= 4 is 5.91 Å². The van der Waals surface area contributed by atoms with Gasteiger partial charge in [0.05, 0.1) is 18.7 Å². The maximum absolute atomic E-state index is 12.9. The van der Waals surface area contributed by atoms with Crippen LogP contribution >= 0.6 is 0 Å². The van der Waals surface area contributed by atoms with Gasteiger partial charge in [-0.25, -0.2) is 0 Å². The lowest BCUT2D eigenvalue weighted by molar-refractivity contribution is -0.133. The van der Waals surface area contributed by atoms with Gasteiger partial charge in [0.15, 0.2) is 11.5 Å². The molecule has 3 fully saturated rings. The molecule has 31 heavy (non-hydrogen) atoms. The fourth-order valence-corrected chi connectivity index (χ4v) is 4.88.